The Morgan fingerprint density at radius 3 is 2.82 bits per heavy atom. The van der Waals surface area contributed by atoms with Gasteiger partial charge >= 0.3 is 0 Å². The Kier molecular flexibility index (Phi) is 4.76. The standard InChI is InChI=1S/C13H19N3S/c14-9-5-1-2-6-10-15-13-11-7-3-4-8-12(11)16-17-13/h3-4,7-8,15H,1-2,5-6,9-10,14H2. The van der Waals surface area contributed by atoms with Crippen LogP contribution in [0.1, 0.15) is 25.7 Å². The lowest BCUT2D eigenvalue weighted by Gasteiger charge is -2.03. The molecular formula is C13H19N3S. The molecule has 0 saturated heterocycles. The van der Waals surface area contributed by atoms with E-state index >= 15 is 0 Å². The van der Waals surface area contributed by atoms with Crippen molar-refractivity contribution in [1.82, 2.24) is 4.37 Å². The summed E-state index contributed by atoms with van der Waals surface area (Å²) in [7, 11) is 0. The number of nitrogens with two attached hydrogens (primary N) is 1. The Bertz CT molecular complexity index is 453. The molecule has 3 nitrogen and oxygen atoms in total. The molecule has 4 heteroatoms. The lowest BCUT2D eigenvalue weighted by atomic mass is 10.2. The van der Waals surface area contributed by atoms with Gasteiger partial charge in [0.25, 0.3) is 0 Å². The lowest BCUT2D eigenvalue weighted by molar-refractivity contribution is 0.662. The average molecular weight is 249 g/mol. The van der Waals surface area contributed by atoms with Gasteiger partial charge in [0.05, 0.1) is 5.52 Å². The minimum atomic E-state index is 0.812. The van der Waals surface area contributed by atoms with Gasteiger partial charge in [-0.25, -0.2) is 0 Å². The largest absolute Gasteiger partial charge is 0.375 e. The van der Waals surface area contributed by atoms with Crippen LogP contribution in [0.3, 0.4) is 0 Å². The second-order valence-electron chi connectivity index (χ2n) is 4.16. The summed E-state index contributed by atoms with van der Waals surface area (Å²) in [4.78, 5) is 0. The maximum absolute atomic E-state index is 5.46. The van der Waals surface area contributed by atoms with E-state index in [1.54, 1.807) is 11.5 Å². The van der Waals surface area contributed by atoms with Gasteiger partial charge in [-0.05, 0) is 43.1 Å². The number of anilines is 1. The van der Waals surface area contributed by atoms with Crippen molar-refractivity contribution in [3.8, 4) is 0 Å². The van der Waals surface area contributed by atoms with E-state index in [0.29, 0.717) is 0 Å². The van der Waals surface area contributed by atoms with Crippen LogP contribution in [0.25, 0.3) is 10.9 Å². The quantitative estimate of drug-likeness (QED) is 0.741. The molecular weight excluding hydrogens is 230 g/mol. The second-order valence-corrected chi connectivity index (χ2v) is 4.93. The number of rotatable bonds is 7. The van der Waals surface area contributed by atoms with Crippen molar-refractivity contribution in [2.45, 2.75) is 25.7 Å². The van der Waals surface area contributed by atoms with Crippen molar-refractivity contribution >= 4 is 27.4 Å². The molecule has 92 valence electrons. The molecule has 0 aliphatic heterocycles. The second kappa shape index (κ2) is 6.57. The predicted molar refractivity (Wildman–Crippen MR) is 75.6 cm³/mol. The van der Waals surface area contributed by atoms with Crippen molar-refractivity contribution in [3.05, 3.63) is 24.3 Å². The number of unbranched alkanes of at least 4 members (excludes halogenated alkanes) is 3. The molecule has 1 aromatic heterocycles. The highest BCUT2D eigenvalue weighted by atomic mass is 32.1. The van der Waals surface area contributed by atoms with E-state index in [2.05, 4.69) is 27.9 Å². The van der Waals surface area contributed by atoms with Crippen LogP contribution in [0.15, 0.2) is 24.3 Å². The fourth-order valence-electron chi connectivity index (χ4n) is 1.84. The average Bonchev–Trinajstić information content (AvgIpc) is 2.77. The van der Waals surface area contributed by atoms with Crippen molar-refractivity contribution in [2.75, 3.05) is 18.4 Å². The van der Waals surface area contributed by atoms with E-state index in [4.69, 9.17) is 5.73 Å². The molecule has 0 aliphatic rings. The van der Waals surface area contributed by atoms with E-state index in [-0.39, 0.29) is 0 Å². The van der Waals surface area contributed by atoms with Crippen LogP contribution in [-0.4, -0.2) is 17.5 Å². The molecule has 1 heterocycles. The summed E-state index contributed by atoms with van der Waals surface area (Å²) in [5, 5.41) is 5.90. The highest BCUT2D eigenvalue weighted by Crippen LogP contribution is 2.27. The van der Waals surface area contributed by atoms with Gasteiger partial charge in [-0.3, -0.25) is 0 Å². The van der Waals surface area contributed by atoms with Crippen molar-refractivity contribution in [3.63, 3.8) is 0 Å². The third kappa shape index (κ3) is 3.41. The summed E-state index contributed by atoms with van der Waals surface area (Å²) in [6, 6.07) is 8.26. The Morgan fingerprint density at radius 2 is 1.94 bits per heavy atom. The zero-order valence-electron chi connectivity index (χ0n) is 9.98. The monoisotopic (exact) mass is 249 g/mol. The zero-order chi connectivity index (χ0) is 11.9. The molecule has 17 heavy (non-hydrogen) atoms. The summed E-state index contributed by atoms with van der Waals surface area (Å²) in [6.07, 6.45) is 4.83. The number of nitrogens with zero attached hydrogens (tertiary/aromatic N) is 1. The smallest absolute Gasteiger partial charge is 0.117 e. The molecule has 0 atom stereocenters. The first kappa shape index (κ1) is 12.3. The minimum Gasteiger partial charge on any atom is -0.375 e. The zero-order valence-corrected chi connectivity index (χ0v) is 10.8. The van der Waals surface area contributed by atoms with Gasteiger partial charge in [-0.1, -0.05) is 25.0 Å². The first-order valence-electron chi connectivity index (χ1n) is 6.20. The summed E-state index contributed by atoms with van der Waals surface area (Å²) in [5.41, 5.74) is 6.55. The summed E-state index contributed by atoms with van der Waals surface area (Å²) in [5.74, 6) is 0. The fourth-order valence-corrected chi connectivity index (χ4v) is 2.63. The Hall–Kier alpha value is -1.13. The van der Waals surface area contributed by atoms with Gasteiger partial charge in [0.2, 0.25) is 0 Å². The highest BCUT2D eigenvalue weighted by molar-refractivity contribution is 7.11. The SMILES string of the molecule is NCCCCCCNc1snc2ccccc12. The molecule has 0 bridgehead atoms. The molecule has 2 aromatic rings. The van der Waals surface area contributed by atoms with E-state index in [9.17, 15) is 0 Å². The first-order valence-corrected chi connectivity index (χ1v) is 6.97. The van der Waals surface area contributed by atoms with Crippen LogP contribution in [0.5, 0.6) is 0 Å². The van der Waals surface area contributed by atoms with Crippen LogP contribution >= 0.6 is 11.5 Å². The summed E-state index contributed by atoms with van der Waals surface area (Å²) in [6.45, 7) is 1.84. The molecule has 0 aliphatic carbocycles. The number of nitrogens with one attached hydrogen (secondary N) is 1. The van der Waals surface area contributed by atoms with Crippen LogP contribution in [0.4, 0.5) is 5.00 Å². The van der Waals surface area contributed by atoms with Gasteiger partial charge in [-0.15, -0.1) is 0 Å². The van der Waals surface area contributed by atoms with Crippen LogP contribution in [-0.2, 0) is 0 Å². The first-order chi connectivity index (χ1) is 8.42. The van der Waals surface area contributed by atoms with E-state index in [1.807, 2.05) is 6.07 Å². The molecule has 0 amide bonds. The highest BCUT2D eigenvalue weighted by Gasteiger charge is 2.03. The molecule has 2 rings (SSSR count). The summed E-state index contributed by atoms with van der Waals surface area (Å²) >= 11 is 1.55. The Labute approximate surface area is 106 Å². The van der Waals surface area contributed by atoms with Gasteiger partial charge < -0.3 is 11.1 Å². The normalized spacial score (nSPS) is 10.9. The lowest BCUT2D eigenvalue weighted by Crippen LogP contribution is -2.01. The van der Waals surface area contributed by atoms with Gasteiger partial charge in [-0.2, -0.15) is 4.37 Å². The van der Waals surface area contributed by atoms with Crippen molar-refractivity contribution in [1.29, 1.82) is 0 Å². The van der Waals surface area contributed by atoms with Gasteiger partial charge in [0.15, 0.2) is 0 Å². The summed E-state index contributed by atoms with van der Waals surface area (Å²) < 4.78 is 4.41. The third-order valence-electron chi connectivity index (χ3n) is 2.80. The Morgan fingerprint density at radius 1 is 1.12 bits per heavy atom. The molecule has 0 saturated carbocycles. The van der Waals surface area contributed by atoms with Gasteiger partial charge in [0, 0.05) is 11.9 Å². The molecule has 3 N–H and O–H groups in total. The number of fused-ring (bicyclic) bond motifs is 1. The van der Waals surface area contributed by atoms with Crippen LogP contribution < -0.4 is 11.1 Å². The van der Waals surface area contributed by atoms with Crippen LogP contribution in [0, 0.1) is 0 Å². The number of benzene rings is 1. The van der Waals surface area contributed by atoms with E-state index in [1.165, 1.54) is 29.6 Å². The maximum Gasteiger partial charge on any atom is 0.117 e. The molecule has 0 radical (unpaired) electrons. The van der Waals surface area contributed by atoms with E-state index < -0.39 is 0 Å². The predicted octanol–water partition coefficient (Wildman–Crippen LogP) is 3.23. The fraction of sp³-hybridized carbons (Fsp3) is 0.462. The minimum absolute atomic E-state index is 0.812. The molecule has 0 fully saturated rings. The Balaban J connectivity index is 1.79. The van der Waals surface area contributed by atoms with Crippen molar-refractivity contribution < 1.29 is 0 Å². The third-order valence-corrected chi connectivity index (χ3v) is 3.64. The molecule has 1 aromatic carbocycles. The number of hydrogen-bond donors (Lipinski definition) is 2. The number of hydrogen-bond acceptors (Lipinski definition) is 4. The van der Waals surface area contributed by atoms with Gasteiger partial charge in [0.1, 0.15) is 5.00 Å². The molecule has 0 spiro atoms. The number of aromatic nitrogens is 1. The maximum atomic E-state index is 5.46. The molecule has 0 unspecified atom stereocenters. The van der Waals surface area contributed by atoms with E-state index in [0.717, 1.165) is 25.0 Å². The van der Waals surface area contributed by atoms with Crippen LogP contribution in [0.2, 0.25) is 0 Å². The van der Waals surface area contributed by atoms with Crippen molar-refractivity contribution in [2.24, 2.45) is 5.73 Å². The topological polar surface area (TPSA) is 50.9 Å².